The average Bonchev–Trinajstić information content (AvgIpc) is 2.99. The number of nitrogens with two attached hydrogens (primary N) is 1. The molecule has 1 fully saturated rings. The SMILES string of the molecule is C=CS(=O)(=O)NCC#Cc1cn([C@H]2CCCS2)c(=O)nc1N. The van der Waals surface area contributed by atoms with Gasteiger partial charge < -0.3 is 5.73 Å². The van der Waals surface area contributed by atoms with E-state index < -0.39 is 15.7 Å². The Bertz CT molecular complexity index is 784. The number of rotatable bonds is 4. The summed E-state index contributed by atoms with van der Waals surface area (Å²) in [6, 6.07) is 0. The summed E-state index contributed by atoms with van der Waals surface area (Å²) in [5.41, 5.74) is 5.71. The minimum atomic E-state index is -3.51. The van der Waals surface area contributed by atoms with Crippen molar-refractivity contribution in [2.75, 3.05) is 18.0 Å². The highest BCUT2D eigenvalue weighted by Crippen LogP contribution is 2.34. The summed E-state index contributed by atoms with van der Waals surface area (Å²) >= 11 is 1.69. The summed E-state index contributed by atoms with van der Waals surface area (Å²) < 4.78 is 26.1. The van der Waals surface area contributed by atoms with E-state index in [9.17, 15) is 13.2 Å². The average molecular weight is 340 g/mol. The first-order valence-electron chi connectivity index (χ1n) is 6.54. The molecule has 3 N–H and O–H groups in total. The molecule has 0 aliphatic carbocycles. The third kappa shape index (κ3) is 4.13. The largest absolute Gasteiger partial charge is 0.382 e. The van der Waals surface area contributed by atoms with Gasteiger partial charge in [-0.05, 0) is 18.6 Å². The number of hydrogen-bond donors (Lipinski definition) is 2. The van der Waals surface area contributed by atoms with Crippen LogP contribution in [-0.4, -0.2) is 30.3 Å². The molecule has 7 nitrogen and oxygen atoms in total. The summed E-state index contributed by atoms with van der Waals surface area (Å²) in [6.45, 7) is 3.10. The zero-order valence-corrected chi connectivity index (χ0v) is 13.4. The standard InChI is InChI=1S/C13H16N4O3S2/c1-2-22(19,20)15-7-3-5-10-9-17(11-6-4-8-21-11)13(18)16-12(10)14/h2,9,11,15H,1,4,6-8H2,(H2,14,16,18)/t11-/m1/s1. The van der Waals surface area contributed by atoms with Gasteiger partial charge in [-0.2, -0.15) is 9.71 Å². The fraction of sp³-hybridized carbons (Fsp3) is 0.385. The number of nitrogens with one attached hydrogen (secondary N) is 1. The Kier molecular flexibility index (Phi) is 5.28. The number of anilines is 1. The molecule has 0 unspecified atom stereocenters. The summed E-state index contributed by atoms with van der Waals surface area (Å²) in [5, 5.41) is 0.864. The molecule has 1 saturated heterocycles. The molecule has 0 amide bonds. The molecule has 0 aromatic carbocycles. The van der Waals surface area contributed by atoms with Gasteiger partial charge in [0, 0.05) is 11.6 Å². The lowest BCUT2D eigenvalue weighted by atomic mass is 10.3. The molecule has 0 spiro atoms. The Morgan fingerprint density at radius 1 is 1.64 bits per heavy atom. The number of hydrogen-bond acceptors (Lipinski definition) is 6. The lowest BCUT2D eigenvalue weighted by Crippen LogP contribution is -2.26. The molecule has 0 bridgehead atoms. The van der Waals surface area contributed by atoms with Crippen LogP contribution in [-0.2, 0) is 10.0 Å². The van der Waals surface area contributed by atoms with Gasteiger partial charge in [0.15, 0.2) is 0 Å². The van der Waals surface area contributed by atoms with Crippen molar-refractivity contribution >= 4 is 27.6 Å². The van der Waals surface area contributed by atoms with E-state index in [-0.39, 0.29) is 17.7 Å². The maximum Gasteiger partial charge on any atom is 0.350 e. The van der Waals surface area contributed by atoms with Crippen molar-refractivity contribution < 1.29 is 8.42 Å². The van der Waals surface area contributed by atoms with Crippen LogP contribution in [0.2, 0.25) is 0 Å². The van der Waals surface area contributed by atoms with E-state index in [4.69, 9.17) is 5.73 Å². The first kappa shape index (κ1) is 16.6. The lowest BCUT2D eigenvalue weighted by Gasteiger charge is -2.12. The summed E-state index contributed by atoms with van der Waals surface area (Å²) in [6.07, 6.45) is 3.54. The van der Waals surface area contributed by atoms with E-state index in [1.807, 2.05) is 0 Å². The molecule has 1 aromatic rings. The molecule has 2 heterocycles. The maximum atomic E-state index is 11.9. The third-order valence-electron chi connectivity index (χ3n) is 3.00. The van der Waals surface area contributed by atoms with Crippen molar-refractivity contribution in [2.45, 2.75) is 18.2 Å². The van der Waals surface area contributed by atoms with Crippen molar-refractivity contribution in [3.63, 3.8) is 0 Å². The second-order valence-electron chi connectivity index (χ2n) is 4.53. The number of nitrogens with zero attached hydrogens (tertiary/aromatic N) is 2. The summed E-state index contributed by atoms with van der Waals surface area (Å²) in [5.74, 6) is 6.42. The molecular weight excluding hydrogens is 324 g/mol. The summed E-state index contributed by atoms with van der Waals surface area (Å²) in [7, 11) is -3.51. The van der Waals surface area contributed by atoms with Gasteiger partial charge in [-0.3, -0.25) is 4.57 Å². The van der Waals surface area contributed by atoms with Crippen LogP contribution in [0.5, 0.6) is 0 Å². The number of aromatic nitrogens is 2. The molecule has 2 rings (SSSR count). The normalized spacial score (nSPS) is 17.7. The Morgan fingerprint density at radius 2 is 2.41 bits per heavy atom. The number of thioether (sulfide) groups is 1. The lowest BCUT2D eigenvalue weighted by molar-refractivity contribution is 0.595. The number of sulfonamides is 1. The van der Waals surface area contributed by atoms with E-state index >= 15 is 0 Å². The van der Waals surface area contributed by atoms with E-state index in [0.29, 0.717) is 5.56 Å². The number of nitrogen functional groups attached to an aromatic ring is 1. The van der Waals surface area contributed by atoms with Crippen LogP contribution in [0.4, 0.5) is 5.82 Å². The van der Waals surface area contributed by atoms with Gasteiger partial charge in [0.05, 0.1) is 17.5 Å². The van der Waals surface area contributed by atoms with Crippen LogP contribution in [0.25, 0.3) is 0 Å². The van der Waals surface area contributed by atoms with Crippen molar-refractivity contribution in [3.05, 3.63) is 34.2 Å². The van der Waals surface area contributed by atoms with Gasteiger partial charge in [-0.25, -0.2) is 13.2 Å². The quantitative estimate of drug-likeness (QED) is 0.762. The molecular formula is C13H16N4O3S2. The first-order valence-corrected chi connectivity index (χ1v) is 9.13. The van der Waals surface area contributed by atoms with Crippen molar-refractivity contribution in [3.8, 4) is 11.8 Å². The van der Waals surface area contributed by atoms with Crippen LogP contribution < -0.4 is 16.1 Å². The zero-order chi connectivity index (χ0) is 16.2. The smallest absolute Gasteiger partial charge is 0.350 e. The molecule has 1 aliphatic heterocycles. The molecule has 1 aliphatic rings. The van der Waals surface area contributed by atoms with Crippen LogP contribution in [0.15, 0.2) is 23.0 Å². The van der Waals surface area contributed by atoms with Gasteiger partial charge >= 0.3 is 5.69 Å². The van der Waals surface area contributed by atoms with E-state index in [1.54, 1.807) is 18.0 Å². The highest BCUT2D eigenvalue weighted by Gasteiger charge is 2.19. The first-order chi connectivity index (χ1) is 10.4. The van der Waals surface area contributed by atoms with E-state index in [0.717, 1.165) is 24.0 Å². The third-order valence-corrected chi connectivity index (χ3v) is 5.36. The molecule has 1 atom stereocenters. The zero-order valence-electron chi connectivity index (χ0n) is 11.8. The Balaban J connectivity index is 2.19. The molecule has 0 saturated carbocycles. The molecule has 9 heteroatoms. The van der Waals surface area contributed by atoms with Crippen LogP contribution in [0.1, 0.15) is 23.8 Å². The van der Waals surface area contributed by atoms with Gasteiger partial charge in [-0.15, -0.1) is 11.8 Å². The minimum absolute atomic E-state index is 0.0447. The second kappa shape index (κ2) is 7.00. The van der Waals surface area contributed by atoms with Crippen molar-refractivity contribution in [1.29, 1.82) is 0 Å². The molecule has 22 heavy (non-hydrogen) atoms. The topological polar surface area (TPSA) is 107 Å². The van der Waals surface area contributed by atoms with E-state index in [1.165, 1.54) is 4.57 Å². The molecule has 1 aromatic heterocycles. The Hall–Kier alpha value is -1.76. The van der Waals surface area contributed by atoms with Gasteiger partial charge in [0.2, 0.25) is 10.0 Å². The van der Waals surface area contributed by atoms with Crippen LogP contribution in [0.3, 0.4) is 0 Å². The Morgan fingerprint density at radius 3 is 3.05 bits per heavy atom. The summed E-state index contributed by atoms with van der Waals surface area (Å²) in [4.78, 5) is 15.7. The second-order valence-corrected chi connectivity index (χ2v) is 7.53. The van der Waals surface area contributed by atoms with Crippen molar-refractivity contribution in [2.24, 2.45) is 0 Å². The molecule has 118 valence electrons. The fourth-order valence-corrected chi connectivity index (χ4v) is 3.54. The predicted octanol–water partition coefficient (Wildman–Crippen LogP) is 0.266. The fourth-order valence-electron chi connectivity index (χ4n) is 1.90. The van der Waals surface area contributed by atoms with Crippen LogP contribution in [0, 0.1) is 11.8 Å². The maximum absolute atomic E-state index is 11.9. The highest BCUT2D eigenvalue weighted by molar-refractivity contribution is 7.99. The monoisotopic (exact) mass is 340 g/mol. The van der Waals surface area contributed by atoms with E-state index in [2.05, 4.69) is 28.1 Å². The van der Waals surface area contributed by atoms with Crippen molar-refractivity contribution in [1.82, 2.24) is 14.3 Å². The Labute approximate surface area is 133 Å². The predicted molar refractivity (Wildman–Crippen MR) is 87.6 cm³/mol. The highest BCUT2D eigenvalue weighted by atomic mass is 32.2. The molecule has 0 radical (unpaired) electrons. The van der Waals surface area contributed by atoms with Gasteiger partial charge in [-0.1, -0.05) is 18.4 Å². The minimum Gasteiger partial charge on any atom is -0.382 e. The van der Waals surface area contributed by atoms with Gasteiger partial charge in [0.25, 0.3) is 0 Å². The van der Waals surface area contributed by atoms with Gasteiger partial charge in [0.1, 0.15) is 5.82 Å². The van der Waals surface area contributed by atoms with Crippen LogP contribution >= 0.6 is 11.8 Å².